The first-order valence-corrected chi connectivity index (χ1v) is 48.3. The van der Waals surface area contributed by atoms with E-state index in [9.17, 15) is 0 Å². The van der Waals surface area contributed by atoms with Gasteiger partial charge in [-0.15, -0.1) is 22.7 Å². The van der Waals surface area contributed by atoms with Gasteiger partial charge in [-0.3, -0.25) is 19.9 Å². The Morgan fingerprint density at radius 3 is 0.935 bits per heavy atom. The monoisotopic (exact) mass is 1790 g/mol. The van der Waals surface area contributed by atoms with Crippen LogP contribution in [0.2, 0.25) is 0 Å². The summed E-state index contributed by atoms with van der Waals surface area (Å²) in [6, 6.07) is 164. The number of benzene rings is 21. The number of aromatic nitrogens is 4. The van der Waals surface area contributed by atoms with Gasteiger partial charge in [-0.25, -0.2) is 0 Å². The summed E-state index contributed by atoms with van der Waals surface area (Å²) in [5, 5.41) is 24.1. The van der Waals surface area contributed by atoms with E-state index in [-0.39, 0.29) is 0 Å². The maximum atomic E-state index is 6.37. The van der Waals surface area contributed by atoms with Crippen LogP contribution in [0, 0.1) is 0 Å². The summed E-state index contributed by atoms with van der Waals surface area (Å²) in [7, 11) is 0. The largest absolute Gasteiger partial charge is 0.455 e. The molecule has 0 fully saturated rings. The summed E-state index contributed by atoms with van der Waals surface area (Å²) in [5.74, 6) is 0. The fourth-order valence-corrected chi connectivity index (χ4v) is 23.4. The first-order valence-electron chi connectivity index (χ1n) is 46.7. The first-order chi connectivity index (χ1) is 68.5. The molecule has 0 aliphatic carbocycles. The third kappa shape index (κ3) is 14.1. The van der Waals surface area contributed by atoms with Crippen LogP contribution in [0.1, 0.15) is 0 Å². The summed E-state index contributed by atoms with van der Waals surface area (Å²) in [6.45, 7) is 0. The van der Waals surface area contributed by atoms with Gasteiger partial charge in [-0.2, -0.15) is 0 Å². The van der Waals surface area contributed by atoms with Gasteiger partial charge in [0.1, 0.15) is 22.3 Å². The van der Waals surface area contributed by atoms with Gasteiger partial charge in [0, 0.05) is 152 Å². The van der Waals surface area contributed by atoms with Crippen molar-refractivity contribution in [3.63, 3.8) is 0 Å². The van der Waals surface area contributed by atoms with Gasteiger partial charge in [-0.1, -0.05) is 394 Å². The Hall–Kier alpha value is -17.7. The molecule has 29 rings (SSSR count). The van der Waals surface area contributed by atoms with Crippen LogP contribution in [0.15, 0.2) is 495 Å². The minimum atomic E-state index is 0.915. The molecule has 0 radical (unpaired) electrons. The maximum Gasteiger partial charge on any atom is 0.143 e. The molecule has 0 bridgehead atoms. The molecule has 0 saturated carbocycles. The lowest BCUT2D eigenvalue weighted by molar-refractivity contribution is 0.669. The number of hydrogen-bond donors (Lipinski definition) is 0. The Kier molecular flexibility index (Phi) is 20.2. The predicted molar refractivity (Wildman–Crippen MR) is 586 cm³/mol. The lowest BCUT2D eigenvalue weighted by Gasteiger charge is -2.16. The van der Waals surface area contributed by atoms with Gasteiger partial charge >= 0.3 is 0 Å². The zero-order valence-corrected chi connectivity index (χ0v) is 76.2. The number of furan rings is 2. The molecule has 29 aromatic rings. The van der Waals surface area contributed by atoms with Gasteiger partial charge in [-0.05, 0) is 166 Å². The van der Waals surface area contributed by atoms with Crippen LogP contribution < -0.4 is 0 Å². The van der Waals surface area contributed by atoms with Crippen LogP contribution >= 0.6 is 22.7 Å². The highest BCUT2D eigenvalue weighted by Gasteiger charge is 2.24. The summed E-state index contributed by atoms with van der Waals surface area (Å²) >= 11 is 3.77. The van der Waals surface area contributed by atoms with Crippen molar-refractivity contribution in [2.24, 2.45) is 0 Å². The molecule has 0 atom stereocenters. The lowest BCUT2D eigenvalue weighted by Crippen LogP contribution is -1.90. The van der Waals surface area contributed by atoms with Gasteiger partial charge in [0.15, 0.2) is 0 Å². The Balaban J connectivity index is 0.0000000953. The summed E-state index contributed by atoms with van der Waals surface area (Å²) in [4.78, 5) is 19.1. The average molecular weight is 1790 g/mol. The molecule has 138 heavy (non-hydrogen) atoms. The molecular weight excluding hydrogens is 1710 g/mol. The van der Waals surface area contributed by atoms with E-state index >= 15 is 0 Å². The molecule has 0 amide bonds. The van der Waals surface area contributed by atoms with Crippen LogP contribution in [-0.4, -0.2) is 19.9 Å². The molecule has 0 aliphatic rings. The summed E-state index contributed by atoms with van der Waals surface area (Å²) < 4.78 is 18.0. The van der Waals surface area contributed by atoms with E-state index < -0.39 is 0 Å². The topological polar surface area (TPSA) is 77.8 Å². The minimum absolute atomic E-state index is 0.915. The molecule has 0 spiro atoms. The van der Waals surface area contributed by atoms with Crippen LogP contribution in [0.5, 0.6) is 0 Å². The van der Waals surface area contributed by atoms with Gasteiger partial charge in [0.25, 0.3) is 0 Å². The molecular formula is C130H80N4O2S2. The average Bonchev–Trinajstić information content (AvgIpc) is 1.63. The van der Waals surface area contributed by atoms with Crippen LogP contribution in [0.3, 0.4) is 0 Å². The van der Waals surface area contributed by atoms with Crippen molar-refractivity contribution in [3.8, 4) is 100 Å². The van der Waals surface area contributed by atoms with Crippen molar-refractivity contribution in [1.82, 2.24) is 19.9 Å². The van der Waals surface area contributed by atoms with Crippen LogP contribution in [0.4, 0.5) is 0 Å². The molecule has 0 saturated heterocycles. The van der Waals surface area contributed by atoms with Gasteiger partial charge in [0.05, 0.1) is 22.1 Å². The molecule has 644 valence electrons. The molecule has 8 aromatic heterocycles. The van der Waals surface area contributed by atoms with Crippen LogP contribution in [0.25, 0.3) is 271 Å². The van der Waals surface area contributed by atoms with Crippen molar-refractivity contribution in [2.75, 3.05) is 0 Å². The van der Waals surface area contributed by atoms with E-state index in [1.807, 2.05) is 96.0 Å². The van der Waals surface area contributed by atoms with E-state index in [0.29, 0.717) is 0 Å². The smallest absolute Gasteiger partial charge is 0.143 e. The molecule has 0 N–H and O–H groups in total. The van der Waals surface area contributed by atoms with E-state index in [0.717, 1.165) is 104 Å². The zero-order valence-electron chi connectivity index (χ0n) is 74.6. The summed E-state index contributed by atoms with van der Waals surface area (Å²) in [6.07, 6.45) is 7.54. The second-order valence-corrected chi connectivity index (χ2v) is 37.2. The van der Waals surface area contributed by atoms with Crippen molar-refractivity contribution in [1.29, 1.82) is 0 Å². The van der Waals surface area contributed by atoms with Crippen molar-refractivity contribution < 1.29 is 8.83 Å². The van der Waals surface area contributed by atoms with Crippen molar-refractivity contribution in [2.45, 2.75) is 0 Å². The second-order valence-electron chi connectivity index (χ2n) is 35.1. The minimum Gasteiger partial charge on any atom is -0.455 e. The van der Waals surface area contributed by atoms with Crippen molar-refractivity contribution >= 4 is 194 Å². The van der Waals surface area contributed by atoms with E-state index in [1.54, 1.807) is 0 Å². The zero-order chi connectivity index (χ0) is 91.1. The Labute approximate surface area is 802 Å². The number of pyridine rings is 4. The molecule has 8 heteroatoms. The molecule has 0 aliphatic heterocycles. The number of thiophene rings is 2. The number of para-hydroxylation sites is 4. The molecule has 8 heterocycles. The van der Waals surface area contributed by atoms with E-state index in [4.69, 9.17) is 28.8 Å². The van der Waals surface area contributed by atoms with E-state index in [1.165, 1.54) is 167 Å². The Morgan fingerprint density at radius 2 is 0.457 bits per heavy atom. The SMILES string of the molecule is c1cc(-c2cccc3c2oc2ccccc23)cc(-c2cccc3ccc4cccnc4c23)c1.c1ccc(-c2cc(-c3ccccc3-c3cccc4ccc5cccnc5c34)c3sc4ccccc4c3c2)cc1.c1ccc(-c2cccc3ccc4cccnc4c23)c(-c2cccc3c2oc2ccccc23)c1.c1ccc(-c2cccc3ccc4cccnc4c23)c(-c2cccc3c2sc2ccccc23)c1. The number of fused-ring (bicyclic) bond motifs is 24. The highest BCUT2D eigenvalue weighted by molar-refractivity contribution is 7.26. The summed E-state index contributed by atoms with van der Waals surface area (Å²) in [5.41, 5.74) is 29.5. The van der Waals surface area contributed by atoms with Gasteiger partial charge in [0.2, 0.25) is 0 Å². The third-order valence-corrected chi connectivity index (χ3v) is 29.7. The maximum absolute atomic E-state index is 6.37. The van der Waals surface area contributed by atoms with Crippen LogP contribution in [-0.2, 0) is 0 Å². The van der Waals surface area contributed by atoms with Crippen molar-refractivity contribution in [3.05, 3.63) is 486 Å². The standard InChI is InChI=1S/C37H23NS.2C31H19NO.C31H19NS/c1-2-10-24(11-3-1)27-22-32(37-33(23-27)30-16-6-7-18-34(30)39-37)29-15-5-4-14-28(29)31-17-8-12-25-19-20-26-13-9-21-38-36(26)35(25)31;1-2-15-28-26(11-1)27-14-5-13-25(31(27)33-28)23-9-3-8-22(19-23)24-12-4-7-20-16-17-21-10-6-18-32-30(21)29(20)24;2*1-2-11-23(26-14-6-15-27-24-12-3-4-16-28(24)33-31(26)27)22(10-1)25-13-5-8-20-17-18-21-9-7-19-32-30(21)29(20)25/h1-23H;3*1-19H. The fourth-order valence-electron chi connectivity index (χ4n) is 21.0. The number of nitrogens with zero attached hydrogens (tertiary/aromatic N) is 4. The predicted octanol–water partition coefficient (Wildman–Crippen LogP) is 37.1. The molecule has 6 nitrogen and oxygen atoms in total. The third-order valence-electron chi connectivity index (χ3n) is 27.3. The quantitative estimate of drug-likeness (QED) is 0.134. The second kappa shape index (κ2) is 34.4. The number of rotatable bonds is 9. The molecule has 21 aromatic carbocycles. The highest BCUT2D eigenvalue weighted by Crippen LogP contribution is 2.51. The normalized spacial score (nSPS) is 11.6. The highest BCUT2D eigenvalue weighted by atomic mass is 32.1. The molecule has 0 unspecified atom stereocenters. The van der Waals surface area contributed by atoms with Gasteiger partial charge < -0.3 is 8.83 Å². The van der Waals surface area contributed by atoms with E-state index in [2.05, 4.69) is 413 Å². The lowest BCUT2D eigenvalue weighted by atomic mass is 9.88. The first kappa shape index (κ1) is 81.1. The Bertz CT molecular complexity index is 9650. The fraction of sp³-hybridized carbons (Fsp3) is 0. The Morgan fingerprint density at radius 1 is 0.159 bits per heavy atom. The number of hydrogen-bond acceptors (Lipinski definition) is 8.